The number of aliphatic hydroxyl groups is 1. The van der Waals surface area contributed by atoms with E-state index in [2.05, 4.69) is 13.0 Å². The Hall–Kier alpha value is -2.66. The minimum absolute atomic E-state index is 0.0641. The number of hydrogen-bond acceptors (Lipinski definition) is 9. The van der Waals surface area contributed by atoms with Crippen molar-refractivity contribution in [1.82, 2.24) is 4.90 Å². The van der Waals surface area contributed by atoms with Crippen LogP contribution in [0.25, 0.3) is 0 Å². The number of amides is 1. The third-order valence-corrected chi connectivity index (χ3v) is 8.54. The summed E-state index contributed by atoms with van der Waals surface area (Å²) in [5.41, 5.74) is 0.932. The zero-order valence-corrected chi connectivity index (χ0v) is 26.9. The first-order valence-corrected chi connectivity index (χ1v) is 15.3. The highest BCUT2D eigenvalue weighted by atomic mass is 16.6. The summed E-state index contributed by atoms with van der Waals surface area (Å²) in [6.07, 6.45) is 12.9. The highest BCUT2D eigenvalue weighted by molar-refractivity contribution is 6.39. The third kappa shape index (κ3) is 10.2. The molecule has 0 aromatic rings. The Morgan fingerprint density at radius 3 is 2.42 bits per heavy atom. The van der Waals surface area contributed by atoms with Gasteiger partial charge in [0.15, 0.2) is 5.78 Å². The molecule has 43 heavy (non-hydrogen) atoms. The van der Waals surface area contributed by atoms with Crippen LogP contribution in [0, 0.1) is 17.8 Å². The minimum Gasteiger partial charge on any atom is -0.467 e. The molecule has 0 radical (unpaired) electrons. The molecule has 0 aromatic heterocycles. The van der Waals surface area contributed by atoms with Crippen molar-refractivity contribution in [1.29, 1.82) is 0 Å². The second-order valence-corrected chi connectivity index (χ2v) is 11.9. The van der Waals surface area contributed by atoms with Crippen molar-refractivity contribution >= 4 is 23.4 Å². The molecule has 2 fully saturated rings. The largest absolute Gasteiger partial charge is 0.467 e. The summed E-state index contributed by atoms with van der Waals surface area (Å²) in [6, 6.07) is -0.848. The Balaban J connectivity index is 2.02. The van der Waals surface area contributed by atoms with E-state index < -0.39 is 41.5 Å². The maximum atomic E-state index is 13.4. The van der Waals surface area contributed by atoms with Crippen LogP contribution >= 0.6 is 0 Å². The number of rotatable bonds is 15. The number of carbonyl (C=O) groups is 4. The van der Waals surface area contributed by atoms with Gasteiger partial charge in [0.25, 0.3) is 11.7 Å². The van der Waals surface area contributed by atoms with Crippen LogP contribution in [-0.2, 0) is 38.1 Å². The number of Topliss-reactive ketones (excluding diaryl/α,β-unsaturated/α-hetero) is 2. The molecule has 10 nitrogen and oxygen atoms in total. The fourth-order valence-electron chi connectivity index (χ4n) is 5.73. The van der Waals surface area contributed by atoms with E-state index in [4.69, 9.17) is 18.9 Å². The molecule has 1 amide bonds. The van der Waals surface area contributed by atoms with Crippen molar-refractivity contribution in [2.45, 2.75) is 96.7 Å². The van der Waals surface area contributed by atoms with Gasteiger partial charge < -0.3 is 29.0 Å². The van der Waals surface area contributed by atoms with Crippen LogP contribution in [0.4, 0.5) is 0 Å². The quantitative estimate of drug-likeness (QED) is 0.168. The third-order valence-electron chi connectivity index (χ3n) is 8.54. The smallest absolute Gasteiger partial charge is 0.328 e. The second-order valence-electron chi connectivity index (χ2n) is 11.9. The molecule has 242 valence electrons. The number of nitrogens with zero attached hydrogens (tertiary/aromatic N) is 1. The van der Waals surface area contributed by atoms with Gasteiger partial charge in [-0.25, -0.2) is 4.79 Å². The van der Waals surface area contributed by atoms with E-state index in [1.807, 2.05) is 38.2 Å². The first kappa shape index (κ1) is 36.5. The van der Waals surface area contributed by atoms with Crippen molar-refractivity contribution in [3.05, 3.63) is 36.0 Å². The number of ketones is 2. The number of carbonyl (C=O) groups excluding carboxylic acids is 4. The van der Waals surface area contributed by atoms with Gasteiger partial charge in [0.05, 0.1) is 19.3 Å². The van der Waals surface area contributed by atoms with Gasteiger partial charge in [-0.15, -0.1) is 0 Å². The lowest BCUT2D eigenvalue weighted by Crippen LogP contribution is -2.60. The Labute approximate surface area is 256 Å². The molecule has 1 N–H and O–H groups in total. The van der Waals surface area contributed by atoms with E-state index in [1.54, 1.807) is 14.0 Å². The molecule has 0 spiro atoms. The standard InChI is InChI=1S/C33H51NO9/c1-22(19-24(3)28(35)21-40-5)13-9-8-10-14-23(2)29(41-6)20-26-17-16-25(4)33(39,43-26)30(36)31(37)34-18-12-11-15-27(34)32(38)42-7/h8-10,13-14,22,24-27,29,39H,11-12,15-21H2,1-7H3/b10-8+,13-9+,23-14+/t22-,24-,25-,26?,27?,29+,33-/m1/s1. The number of likely N-dealkylation sites (tertiary alicyclic amines) is 1. The van der Waals surface area contributed by atoms with Gasteiger partial charge in [0.1, 0.15) is 12.6 Å². The lowest BCUT2D eigenvalue weighted by molar-refractivity contribution is -0.265. The van der Waals surface area contributed by atoms with Crippen LogP contribution in [0.15, 0.2) is 36.0 Å². The highest BCUT2D eigenvalue weighted by Gasteiger charge is 2.52. The fourth-order valence-corrected chi connectivity index (χ4v) is 5.73. The molecule has 10 heteroatoms. The summed E-state index contributed by atoms with van der Waals surface area (Å²) in [4.78, 5) is 52.1. The molecule has 2 saturated heterocycles. The monoisotopic (exact) mass is 605 g/mol. The van der Waals surface area contributed by atoms with E-state index in [-0.39, 0.29) is 36.9 Å². The zero-order chi connectivity index (χ0) is 32.2. The van der Waals surface area contributed by atoms with Gasteiger partial charge in [-0.05, 0) is 56.9 Å². The summed E-state index contributed by atoms with van der Waals surface area (Å²) in [6.45, 7) is 7.98. The molecular weight excluding hydrogens is 554 g/mol. The van der Waals surface area contributed by atoms with Gasteiger partial charge in [0, 0.05) is 39.0 Å². The maximum Gasteiger partial charge on any atom is 0.328 e. The molecule has 0 bridgehead atoms. The van der Waals surface area contributed by atoms with Crippen molar-refractivity contribution < 1.29 is 43.2 Å². The van der Waals surface area contributed by atoms with Gasteiger partial charge in [-0.2, -0.15) is 0 Å². The van der Waals surface area contributed by atoms with E-state index in [1.165, 1.54) is 19.1 Å². The van der Waals surface area contributed by atoms with Crippen molar-refractivity contribution in [3.63, 3.8) is 0 Å². The summed E-state index contributed by atoms with van der Waals surface area (Å²) in [7, 11) is 4.36. The van der Waals surface area contributed by atoms with E-state index in [0.29, 0.717) is 32.1 Å². The first-order valence-electron chi connectivity index (χ1n) is 15.3. The van der Waals surface area contributed by atoms with E-state index >= 15 is 0 Å². The van der Waals surface area contributed by atoms with Crippen LogP contribution in [0.2, 0.25) is 0 Å². The predicted molar refractivity (Wildman–Crippen MR) is 162 cm³/mol. The van der Waals surface area contributed by atoms with E-state index in [0.717, 1.165) is 18.4 Å². The van der Waals surface area contributed by atoms with Crippen LogP contribution in [0.1, 0.15) is 72.6 Å². The summed E-state index contributed by atoms with van der Waals surface area (Å²) < 4.78 is 21.5. The Kier molecular flexibility index (Phi) is 14.9. The number of hydrogen-bond donors (Lipinski definition) is 1. The average molecular weight is 606 g/mol. The topological polar surface area (TPSA) is 129 Å². The summed E-state index contributed by atoms with van der Waals surface area (Å²) in [5.74, 6) is -5.17. The lowest BCUT2D eigenvalue weighted by atomic mass is 9.85. The first-order chi connectivity index (χ1) is 20.4. The number of piperidine rings is 1. The molecule has 2 aliphatic rings. The Morgan fingerprint density at radius 2 is 1.77 bits per heavy atom. The molecule has 2 rings (SSSR count). The van der Waals surface area contributed by atoms with Crippen LogP contribution in [0.3, 0.4) is 0 Å². The van der Waals surface area contributed by atoms with Crippen LogP contribution in [0.5, 0.6) is 0 Å². The lowest BCUT2D eigenvalue weighted by Gasteiger charge is -2.42. The molecule has 2 aliphatic heterocycles. The van der Waals surface area contributed by atoms with E-state index in [9.17, 15) is 24.3 Å². The van der Waals surface area contributed by atoms with Crippen molar-refractivity contribution in [2.24, 2.45) is 17.8 Å². The van der Waals surface area contributed by atoms with Crippen molar-refractivity contribution in [2.75, 3.05) is 34.5 Å². The number of esters is 1. The normalized spacial score (nSPS) is 27.2. The van der Waals surface area contributed by atoms with Crippen LogP contribution < -0.4 is 0 Å². The average Bonchev–Trinajstić information content (AvgIpc) is 3.00. The minimum atomic E-state index is -2.29. The van der Waals surface area contributed by atoms with Crippen LogP contribution in [-0.4, -0.2) is 92.0 Å². The maximum absolute atomic E-state index is 13.4. The summed E-state index contributed by atoms with van der Waals surface area (Å²) in [5, 5.41) is 11.4. The van der Waals surface area contributed by atoms with Gasteiger partial charge in [-0.1, -0.05) is 51.2 Å². The number of methoxy groups -OCH3 is 3. The number of allylic oxidation sites excluding steroid dienone is 5. The molecule has 0 saturated carbocycles. The van der Waals surface area contributed by atoms with Crippen molar-refractivity contribution in [3.8, 4) is 0 Å². The Morgan fingerprint density at radius 1 is 1.05 bits per heavy atom. The van der Waals surface area contributed by atoms with Gasteiger partial charge >= 0.3 is 5.97 Å². The zero-order valence-electron chi connectivity index (χ0n) is 26.9. The molecule has 7 atom stereocenters. The Bertz CT molecular complexity index is 1050. The molecule has 2 heterocycles. The second kappa shape index (κ2) is 17.6. The number of ether oxygens (including phenoxy) is 4. The molecule has 0 aromatic carbocycles. The van der Waals surface area contributed by atoms with Gasteiger partial charge in [0.2, 0.25) is 5.79 Å². The molecule has 0 aliphatic carbocycles. The van der Waals surface area contributed by atoms with Gasteiger partial charge in [-0.3, -0.25) is 14.4 Å². The summed E-state index contributed by atoms with van der Waals surface area (Å²) >= 11 is 0. The molecular formula is C33H51NO9. The molecule has 2 unspecified atom stereocenters. The predicted octanol–water partition coefficient (Wildman–Crippen LogP) is 3.95. The SMILES string of the molecule is COCC(=O)[C@H](C)C[C@H](C)/C=C/C=C/C=C(\C)[C@H](CC1CC[C@@H](C)[C@](O)(C(=O)C(=O)N2CCCCC2C(=O)OC)O1)OC. The fraction of sp³-hybridized carbons (Fsp3) is 0.697. The highest BCUT2D eigenvalue weighted by Crippen LogP contribution is 2.36.